The van der Waals surface area contributed by atoms with Gasteiger partial charge in [-0.1, -0.05) is 0 Å². The van der Waals surface area contributed by atoms with Gasteiger partial charge in [-0.15, -0.1) is 0 Å². The fraction of sp³-hybridized carbons (Fsp3) is 0.417. The van der Waals surface area contributed by atoms with Crippen molar-refractivity contribution in [2.24, 2.45) is 0 Å². The maximum absolute atomic E-state index is 13.5. The highest BCUT2D eigenvalue weighted by Gasteiger charge is 2.16. The van der Waals surface area contributed by atoms with Gasteiger partial charge in [0.1, 0.15) is 12.4 Å². The molecule has 1 aromatic carbocycles. The number of benzene rings is 1. The second-order valence-corrected chi connectivity index (χ2v) is 3.87. The van der Waals surface area contributed by atoms with Crippen LogP contribution in [-0.4, -0.2) is 25.5 Å². The number of ether oxygens (including phenoxy) is 1. The summed E-state index contributed by atoms with van der Waals surface area (Å²) in [6.45, 7) is 1.80. The van der Waals surface area contributed by atoms with E-state index in [1.807, 2.05) is 0 Å². The van der Waals surface area contributed by atoms with Crippen LogP contribution in [0.15, 0.2) is 18.2 Å². The van der Waals surface area contributed by atoms with Gasteiger partial charge < -0.3 is 10.1 Å². The number of piperidine rings is 1. The SMILES string of the molecule is O=Cc1ccc(OC2CCNCC2)c(F)c1. The lowest BCUT2D eigenvalue weighted by Gasteiger charge is -2.24. The Morgan fingerprint density at radius 2 is 2.12 bits per heavy atom. The summed E-state index contributed by atoms with van der Waals surface area (Å²) in [6, 6.07) is 4.27. The monoisotopic (exact) mass is 223 g/mol. The number of halogens is 1. The fourth-order valence-corrected chi connectivity index (χ4v) is 1.78. The topological polar surface area (TPSA) is 38.3 Å². The van der Waals surface area contributed by atoms with Gasteiger partial charge in [-0.25, -0.2) is 4.39 Å². The minimum Gasteiger partial charge on any atom is -0.487 e. The molecule has 0 aromatic heterocycles. The lowest BCUT2D eigenvalue weighted by atomic mass is 10.1. The van der Waals surface area contributed by atoms with Gasteiger partial charge in [0.25, 0.3) is 0 Å². The molecule has 0 atom stereocenters. The lowest BCUT2D eigenvalue weighted by molar-refractivity contribution is 0.112. The van der Waals surface area contributed by atoms with Gasteiger partial charge >= 0.3 is 0 Å². The number of nitrogens with one attached hydrogen (secondary N) is 1. The van der Waals surface area contributed by atoms with Crippen molar-refractivity contribution in [3.63, 3.8) is 0 Å². The van der Waals surface area contributed by atoms with Gasteiger partial charge in [-0.2, -0.15) is 0 Å². The molecule has 3 nitrogen and oxygen atoms in total. The van der Waals surface area contributed by atoms with E-state index in [-0.39, 0.29) is 11.9 Å². The van der Waals surface area contributed by atoms with E-state index in [1.54, 1.807) is 6.07 Å². The average molecular weight is 223 g/mol. The smallest absolute Gasteiger partial charge is 0.165 e. The van der Waals surface area contributed by atoms with Crippen molar-refractivity contribution < 1.29 is 13.9 Å². The Hall–Kier alpha value is -1.42. The molecule has 0 bridgehead atoms. The third-order valence-corrected chi connectivity index (χ3v) is 2.67. The Morgan fingerprint density at radius 1 is 1.38 bits per heavy atom. The molecular formula is C12H14FNO2. The van der Waals surface area contributed by atoms with E-state index in [9.17, 15) is 9.18 Å². The van der Waals surface area contributed by atoms with Gasteiger partial charge in [0, 0.05) is 5.56 Å². The Labute approximate surface area is 93.6 Å². The second-order valence-electron chi connectivity index (χ2n) is 3.87. The summed E-state index contributed by atoms with van der Waals surface area (Å²) >= 11 is 0. The zero-order chi connectivity index (χ0) is 11.4. The van der Waals surface area contributed by atoms with E-state index in [4.69, 9.17) is 4.74 Å². The van der Waals surface area contributed by atoms with Crippen molar-refractivity contribution in [3.05, 3.63) is 29.6 Å². The largest absolute Gasteiger partial charge is 0.487 e. The Balaban J connectivity index is 2.05. The number of carbonyl (C=O) groups excluding carboxylic acids is 1. The highest BCUT2D eigenvalue weighted by atomic mass is 19.1. The van der Waals surface area contributed by atoms with Crippen LogP contribution >= 0.6 is 0 Å². The van der Waals surface area contributed by atoms with Crippen LogP contribution in [0.4, 0.5) is 4.39 Å². The first kappa shape index (κ1) is 11.1. The fourth-order valence-electron chi connectivity index (χ4n) is 1.78. The van der Waals surface area contributed by atoms with Gasteiger partial charge in [0.15, 0.2) is 11.6 Å². The maximum atomic E-state index is 13.5. The molecule has 0 aliphatic carbocycles. The minimum absolute atomic E-state index is 0.0674. The van der Waals surface area contributed by atoms with Crippen molar-refractivity contribution in [1.29, 1.82) is 0 Å². The molecule has 1 aliphatic rings. The zero-order valence-electron chi connectivity index (χ0n) is 8.91. The van der Waals surface area contributed by atoms with E-state index in [1.165, 1.54) is 12.1 Å². The molecule has 4 heteroatoms. The van der Waals surface area contributed by atoms with E-state index < -0.39 is 5.82 Å². The summed E-state index contributed by atoms with van der Waals surface area (Å²) in [4.78, 5) is 10.4. The molecule has 86 valence electrons. The number of carbonyl (C=O) groups is 1. The maximum Gasteiger partial charge on any atom is 0.165 e. The van der Waals surface area contributed by atoms with Crippen molar-refractivity contribution in [2.45, 2.75) is 18.9 Å². The molecule has 1 fully saturated rings. The third kappa shape index (κ3) is 2.58. The summed E-state index contributed by atoms with van der Waals surface area (Å²) in [5.41, 5.74) is 0.329. The summed E-state index contributed by atoms with van der Waals surface area (Å²) < 4.78 is 19.0. The molecule has 0 unspecified atom stereocenters. The highest BCUT2D eigenvalue weighted by molar-refractivity contribution is 5.74. The standard InChI is InChI=1S/C12H14FNO2/c13-11-7-9(8-15)1-2-12(11)16-10-3-5-14-6-4-10/h1-2,7-8,10,14H,3-6H2. The van der Waals surface area contributed by atoms with Crippen LogP contribution in [0.25, 0.3) is 0 Å². The summed E-state index contributed by atoms with van der Waals surface area (Å²) in [6.07, 6.45) is 2.46. The van der Waals surface area contributed by atoms with Crippen LogP contribution in [-0.2, 0) is 0 Å². The normalized spacial score (nSPS) is 17.1. The summed E-state index contributed by atoms with van der Waals surface area (Å²) in [7, 11) is 0. The number of hydrogen-bond acceptors (Lipinski definition) is 3. The molecule has 1 N–H and O–H groups in total. The van der Waals surface area contributed by atoms with Crippen molar-refractivity contribution in [3.8, 4) is 5.75 Å². The second kappa shape index (κ2) is 5.07. The number of rotatable bonds is 3. The molecule has 0 amide bonds. The van der Waals surface area contributed by atoms with E-state index in [0.717, 1.165) is 25.9 Å². The number of hydrogen-bond donors (Lipinski definition) is 1. The van der Waals surface area contributed by atoms with Crippen LogP contribution in [0.5, 0.6) is 5.75 Å². The van der Waals surface area contributed by atoms with Crippen LogP contribution in [0.2, 0.25) is 0 Å². The van der Waals surface area contributed by atoms with E-state index >= 15 is 0 Å². The molecule has 1 heterocycles. The first-order valence-electron chi connectivity index (χ1n) is 5.41. The quantitative estimate of drug-likeness (QED) is 0.794. The molecule has 0 spiro atoms. The van der Waals surface area contributed by atoms with Crippen molar-refractivity contribution >= 4 is 6.29 Å². The zero-order valence-corrected chi connectivity index (χ0v) is 8.91. The summed E-state index contributed by atoms with van der Waals surface area (Å²) in [5.74, 6) is -0.236. The lowest BCUT2D eigenvalue weighted by Crippen LogP contribution is -2.34. The molecule has 2 rings (SSSR count). The van der Waals surface area contributed by atoms with Crippen LogP contribution in [0.1, 0.15) is 23.2 Å². The van der Waals surface area contributed by atoms with E-state index in [0.29, 0.717) is 11.8 Å². The molecule has 0 radical (unpaired) electrons. The van der Waals surface area contributed by atoms with Gasteiger partial charge in [-0.05, 0) is 44.1 Å². The Kier molecular flexibility index (Phi) is 3.51. The van der Waals surface area contributed by atoms with Crippen molar-refractivity contribution in [1.82, 2.24) is 5.32 Å². The number of aldehydes is 1. The summed E-state index contributed by atoms with van der Waals surface area (Å²) in [5, 5.41) is 3.21. The predicted molar refractivity (Wildman–Crippen MR) is 58.3 cm³/mol. The molecule has 1 aliphatic heterocycles. The van der Waals surface area contributed by atoms with Crippen LogP contribution in [0.3, 0.4) is 0 Å². The average Bonchev–Trinajstić information content (AvgIpc) is 2.33. The third-order valence-electron chi connectivity index (χ3n) is 2.67. The van der Waals surface area contributed by atoms with E-state index in [2.05, 4.69) is 5.32 Å². The van der Waals surface area contributed by atoms with Gasteiger partial charge in [0.2, 0.25) is 0 Å². The minimum atomic E-state index is -0.469. The predicted octanol–water partition coefficient (Wildman–Crippen LogP) is 1.77. The highest BCUT2D eigenvalue weighted by Crippen LogP contribution is 2.21. The van der Waals surface area contributed by atoms with Crippen LogP contribution < -0.4 is 10.1 Å². The molecular weight excluding hydrogens is 209 g/mol. The van der Waals surface area contributed by atoms with Gasteiger partial charge in [0.05, 0.1) is 0 Å². The molecule has 1 saturated heterocycles. The first-order chi connectivity index (χ1) is 7.79. The molecule has 0 saturated carbocycles. The van der Waals surface area contributed by atoms with Crippen LogP contribution in [0, 0.1) is 5.82 Å². The molecule has 1 aromatic rings. The first-order valence-corrected chi connectivity index (χ1v) is 5.41. The van der Waals surface area contributed by atoms with Gasteiger partial charge in [-0.3, -0.25) is 4.79 Å². The van der Waals surface area contributed by atoms with Crippen molar-refractivity contribution in [2.75, 3.05) is 13.1 Å². The molecule has 16 heavy (non-hydrogen) atoms. The Morgan fingerprint density at radius 3 is 2.75 bits per heavy atom. The Bertz CT molecular complexity index is 375.